The van der Waals surface area contributed by atoms with E-state index in [4.69, 9.17) is 0 Å². The van der Waals surface area contributed by atoms with Gasteiger partial charge in [-0.2, -0.15) is 0 Å². The number of nitrogens with zero attached hydrogens (tertiary/aromatic N) is 1. The van der Waals surface area contributed by atoms with Crippen molar-refractivity contribution in [3.8, 4) is 0 Å². The van der Waals surface area contributed by atoms with Crippen molar-refractivity contribution in [3.05, 3.63) is 71.8 Å². The smallest absolute Gasteiger partial charge is 0.181 e. The number of benzene rings is 2. The summed E-state index contributed by atoms with van der Waals surface area (Å²) in [7, 11) is 0. The van der Waals surface area contributed by atoms with Crippen LogP contribution in [-0.2, 0) is 0 Å². The molecule has 1 aliphatic rings. The van der Waals surface area contributed by atoms with E-state index in [0.29, 0.717) is 0 Å². The van der Waals surface area contributed by atoms with Crippen LogP contribution in [0.5, 0.6) is 0 Å². The van der Waals surface area contributed by atoms with Crippen LogP contribution in [0.15, 0.2) is 60.7 Å². The highest BCUT2D eigenvalue weighted by Crippen LogP contribution is 2.44. The molecule has 0 radical (unpaired) electrons. The van der Waals surface area contributed by atoms with E-state index >= 15 is 0 Å². The Morgan fingerprint density at radius 2 is 1.58 bits per heavy atom. The third-order valence-electron chi connectivity index (χ3n) is 3.76. The molecule has 2 aromatic rings. The maximum Gasteiger partial charge on any atom is 0.181 e. The van der Waals surface area contributed by atoms with Crippen LogP contribution in [0, 0.1) is 0 Å². The number of carbonyl (C=O) groups is 1. The zero-order valence-electron chi connectivity index (χ0n) is 11.0. The third-order valence-corrected chi connectivity index (χ3v) is 3.76. The minimum absolute atomic E-state index is 0.00907. The van der Waals surface area contributed by atoms with Gasteiger partial charge in [-0.25, -0.2) is 0 Å². The predicted octanol–water partition coefficient (Wildman–Crippen LogP) is 3.31. The summed E-state index contributed by atoms with van der Waals surface area (Å²) in [6.07, 6.45) is 0. The van der Waals surface area contributed by atoms with Crippen LogP contribution in [0.25, 0.3) is 0 Å². The molecular weight excluding hydrogens is 234 g/mol. The Morgan fingerprint density at radius 1 is 1.00 bits per heavy atom. The fourth-order valence-electron chi connectivity index (χ4n) is 2.76. The van der Waals surface area contributed by atoms with Gasteiger partial charge in [-0.1, -0.05) is 67.6 Å². The zero-order chi connectivity index (χ0) is 13.2. The van der Waals surface area contributed by atoms with Gasteiger partial charge in [0, 0.05) is 5.56 Å². The molecule has 0 aromatic heterocycles. The fraction of sp³-hybridized carbons (Fsp3) is 0.235. The van der Waals surface area contributed by atoms with E-state index < -0.39 is 0 Å². The molecule has 0 amide bonds. The van der Waals surface area contributed by atoms with Crippen LogP contribution in [0.4, 0.5) is 0 Å². The normalized spacial score (nSPS) is 25.0. The van der Waals surface area contributed by atoms with Gasteiger partial charge in [0.25, 0.3) is 0 Å². The highest BCUT2D eigenvalue weighted by molar-refractivity contribution is 6.02. The molecule has 0 aliphatic carbocycles. The molecule has 2 heteroatoms. The topological polar surface area (TPSA) is 20.1 Å². The summed E-state index contributed by atoms with van der Waals surface area (Å²) in [5, 5.41) is 0. The highest BCUT2D eigenvalue weighted by atomic mass is 16.1. The Labute approximate surface area is 113 Å². The van der Waals surface area contributed by atoms with Crippen molar-refractivity contribution in [2.24, 2.45) is 0 Å². The number of Topliss-reactive ketones (excluding diaryl/α,β-unsaturated/α-hetero) is 1. The van der Waals surface area contributed by atoms with E-state index in [2.05, 4.69) is 24.0 Å². The van der Waals surface area contributed by atoms with E-state index in [1.165, 1.54) is 5.56 Å². The van der Waals surface area contributed by atoms with Gasteiger partial charge in [0.2, 0.25) is 0 Å². The molecular formula is C17H17NO. The van der Waals surface area contributed by atoms with Crippen molar-refractivity contribution in [2.75, 3.05) is 6.54 Å². The lowest BCUT2D eigenvalue weighted by atomic mass is 10.0. The first-order chi connectivity index (χ1) is 9.33. The van der Waals surface area contributed by atoms with Crippen LogP contribution in [-0.4, -0.2) is 23.3 Å². The Bertz CT molecular complexity index is 564. The van der Waals surface area contributed by atoms with Gasteiger partial charge in [-0.3, -0.25) is 9.69 Å². The second-order valence-corrected chi connectivity index (χ2v) is 4.86. The molecule has 1 unspecified atom stereocenters. The van der Waals surface area contributed by atoms with Crippen LogP contribution in [0.3, 0.4) is 0 Å². The van der Waals surface area contributed by atoms with E-state index in [1.807, 2.05) is 48.5 Å². The number of hydrogen-bond donors (Lipinski definition) is 0. The summed E-state index contributed by atoms with van der Waals surface area (Å²) in [6, 6.07) is 20.1. The number of ketones is 1. The molecule has 96 valence electrons. The van der Waals surface area contributed by atoms with E-state index in [1.54, 1.807) is 0 Å². The average molecular weight is 251 g/mol. The summed E-state index contributed by atoms with van der Waals surface area (Å²) >= 11 is 0. The zero-order valence-corrected chi connectivity index (χ0v) is 11.0. The summed E-state index contributed by atoms with van der Waals surface area (Å²) in [4.78, 5) is 14.8. The largest absolute Gasteiger partial charge is 0.292 e. The van der Waals surface area contributed by atoms with E-state index in [-0.39, 0.29) is 17.9 Å². The minimum atomic E-state index is 0.00907. The maximum absolute atomic E-state index is 12.5. The predicted molar refractivity (Wildman–Crippen MR) is 76.1 cm³/mol. The molecule has 0 N–H and O–H groups in total. The fourth-order valence-corrected chi connectivity index (χ4v) is 2.76. The molecule has 1 heterocycles. The average Bonchev–Trinajstić information content (AvgIpc) is 3.22. The van der Waals surface area contributed by atoms with Crippen molar-refractivity contribution in [2.45, 2.75) is 19.0 Å². The van der Waals surface area contributed by atoms with Crippen molar-refractivity contribution >= 4 is 5.78 Å². The molecule has 1 aliphatic heterocycles. The first-order valence-electron chi connectivity index (χ1n) is 6.73. The Kier molecular flexibility index (Phi) is 3.18. The lowest BCUT2D eigenvalue weighted by Gasteiger charge is -1.98. The summed E-state index contributed by atoms with van der Waals surface area (Å²) in [5.41, 5.74) is 2.04. The first kappa shape index (κ1) is 12.1. The van der Waals surface area contributed by atoms with Gasteiger partial charge in [0.15, 0.2) is 5.78 Å². The first-order valence-corrected chi connectivity index (χ1v) is 6.73. The lowest BCUT2D eigenvalue weighted by molar-refractivity contribution is 0.0974. The van der Waals surface area contributed by atoms with Crippen LogP contribution in [0.1, 0.15) is 28.9 Å². The number of carbonyl (C=O) groups excluding carboxylic acids is 1. The van der Waals surface area contributed by atoms with Crippen molar-refractivity contribution in [1.82, 2.24) is 4.90 Å². The Morgan fingerprint density at radius 3 is 2.16 bits per heavy atom. The lowest BCUT2D eigenvalue weighted by Crippen LogP contribution is -2.12. The quantitative estimate of drug-likeness (QED) is 0.613. The molecule has 0 bridgehead atoms. The van der Waals surface area contributed by atoms with Crippen LogP contribution in [0.2, 0.25) is 0 Å². The van der Waals surface area contributed by atoms with Crippen LogP contribution >= 0.6 is 0 Å². The molecule has 2 aromatic carbocycles. The molecule has 19 heavy (non-hydrogen) atoms. The molecule has 1 saturated heterocycles. The van der Waals surface area contributed by atoms with E-state index in [9.17, 15) is 4.79 Å². The number of rotatable bonds is 4. The number of likely N-dealkylation sites (N-methyl/N-ethyl adjacent to an activating group) is 1. The van der Waals surface area contributed by atoms with Gasteiger partial charge < -0.3 is 0 Å². The van der Waals surface area contributed by atoms with Gasteiger partial charge in [-0.15, -0.1) is 0 Å². The van der Waals surface area contributed by atoms with Crippen LogP contribution < -0.4 is 0 Å². The molecule has 0 saturated carbocycles. The molecule has 1 fully saturated rings. The molecule has 0 spiro atoms. The Hall–Kier alpha value is -1.93. The van der Waals surface area contributed by atoms with Gasteiger partial charge in [0.05, 0.1) is 12.1 Å². The molecule has 2 nitrogen and oxygen atoms in total. The SMILES string of the molecule is CCN1[C@@H](C(=O)c2ccccc2)[C@@H]1c1ccccc1. The van der Waals surface area contributed by atoms with Crippen molar-refractivity contribution in [3.63, 3.8) is 0 Å². The van der Waals surface area contributed by atoms with Crippen molar-refractivity contribution < 1.29 is 4.79 Å². The van der Waals surface area contributed by atoms with E-state index in [0.717, 1.165) is 12.1 Å². The minimum Gasteiger partial charge on any atom is -0.292 e. The monoisotopic (exact) mass is 251 g/mol. The second-order valence-electron chi connectivity index (χ2n) is 4.86. The molecule has 3 rings (SSSR count). The third kappa shape index (κ3) is 2.20. The van der Waals surface area contributed by atoms with Gasteiger partial charge in [0.1, 0.15) is 0 Å². The highest BCUT2D eigenvalue weighted by Gasteiger charge is 2.51. The second kappa shape index (κ2) is 4.98. The van der Waals surface area contributed by atoms with Gasteiger partial charge >= 0.3 is 0 Å². The number of hydrogen-bond acceptors (Lipinski definition) is 2. The van der Waals surface area contributed by atoms with Crippen molar-refractivity contribution in [1.29, 1.82) is 0 Å². The molecule has 3 atom stereocenters. The standard InChI is InChI=1S/C17H17NO/c1-2-18-15(13-9-5-3-6-10-13)16(18)17(19)14-11-7-4-8-12-14/h3-12,15-16H,2H2,1H3/t15-,16+,18?/m0/s1. The summed E-state index contributed by atoms with van der Waals surface area (Å²) in [6.45, 7) is 3.01. The Balaban J connectivity index is 1.84. The van der Waals surface area contributed by atoms with Gasteiger partial charge in [-0.05, 0) is 12.1 Å². The summed E-state index contributed by atoms with van der Waals surface area (Å²) in [5.74, 6) is 0.233. The maximum atomic E-state index is 12.5. The summed E-state index contributed by atoms with van der Waals surface area (Å²) < 4.78 is 0.